The summed E-state index contributed by atoms with van der Waals surface area (Å²) in [5.74, 6) is -0.310. The molecular formula is C21H21ClN2O4. The third-order valence-electron chi connectivity index (χ3n) is 3.91. The molecule has 1 unspecified atom stereocenters. The summed E-state index contributed by atoms with van der Waals surface area (Å²) in [5, 5.41) is 12.3. The number of amides is 1. The smallest absolute Gasteiger partial charge is 0.306 e. The number of rotatable bonds is 8. The minimum atomic E-state index is -0.973. The van der Waals surface area contributed by atoms with Crippen molar-refractivity contribution in [3.63, 3.8) is 0 Å². The van der Waals surface area contributed by atoms with Crippen LogP contribution in [0.3, 0.4) is 0 Å². The lowest BCUT2D eigenvalue weighted by Crippen LogP contribution is -2.30. The first kappa shape index (κ1) is 21.3. The summed E-state index contributed by atoms with van der Waals surface area (Å²) in [6, 6.07) is 13.9. The Morgan fingerprint density at radius 2 is 2.00 bits per heavy atom. The number of halogens is 1. The van der Waals surface area contributed by atoms with E-state index in [1.807, 2.05) is 19.1 Å². The average Bonchev–Trinajstić information content (AvgIpc) is 2.68. The minimum Gasteiger partial charge on any atom is -0.494 e. The molecule has 0 saturated carbocycles. The highest BCUT2D eigenvalue weighted by Gasteiger charge is 2.18. The van der Waals surface area contributed by atoms with E-state index in [2.05, 4.69) is 5.32 Å². The fourth-order valence-corrected chi connectivity index (χ4v) is 2.46. The third-order valence-corrected chi connectivity index (χ3v) is 4.33. The highest BCUT2D eigenvalue weighted by Crippen LogP contribution is 2.21. The number of hydrogen-bond donors (Lipinski definition) is 1. The molecule has 146 valence electrons. The van der Waals surface area contributed by atoms with Gasteiger partial charge in [-0.25, -0.2) is 0 Å². The van der Waals surface area contributed by atoms with Gasteiger partial charge in [0.1, 0.15) is 11.8 Å². The molecule has 0 aliphatic heterocycles. The van der Waals surface area contributed by atoms with Gasteiger partial charge in [0.15, 0.2) is 6.10 Å². The van der Waals surface area contributed by atoms with Crippen LogP contribution in [0.15, 0.2) is 42.5 Å². The second kappa shape index (κ2) is 10.3. The number of ether oxygens (including phenoxy) is 2. The molecule has 0 spiro atoms. The predicted octanol–water partition coefficient (Wildman–Crippen LogP) is 4.25. The summed E-state index contributed by atoms with van der Waals surface area (Å²) in [5.41, 5.74) is 1.63. The Labute approximate surface area is 169 Å². The lowest BCUT2D eigenvalue weighted by molar-refractivity contribution is -0.153. The van der Waals surface area contributed by atoms with Gasteiger partial charge in [-0.15, -0.1) is 0 Å². The zero-order chi connectivity index (χ0) is 20.5. The molecule has 6 nitrogen and oxygen atoms in total. The Balaban J connectivity index is 1.73. The van der Waals surface area contributed by atoms with Crippen LogP contribution < -0.4 is 10.1 Å². The lowest BCUT2D eigenvalue weighted by Gasteiger charge is -2.14. The Morgan fingerprint density at radius 3 is 2.71 bits per heavy atom. The standard InChI is InChI=1S/C21H21ClN2O4/c1-14-12-17(9-10-18(14)22)27-11-5-8-20(25)28-15(2)21(26)24-19-7-4-3-6-16(19)13-23/h3-4,6-7,9-10,12,15H,5,8,11H2,1-2H3,(H,24,26). The van der Waals surface area contributed by atoms with Crippen molar-refractivity contribution < 1.29 is 19.1 Å². The van der Waals surface area contributed by atoms with Crippen LogP contribution in [0.2, 0.25) is 5.02 Å². The second-order valence-corrected chi connectivity index (χ2v) is 6.55. The average molecular weight is 401 g/mol. The summed E-state index contributed by atoms with van der Waals surface area (Å²) in [6.07, 6.45) is -0.399. The minimum absolute atomic E-state index is 0.124. The molecule has 7 heteroatoms. The summed E-state index contributed by atoms with van der Waals surface area (Å²) >= 11 is 5.96. The maximum Gasteiger partial charge on any atom is 0.306 e. The number of carbonyl (C=O) groups is 2. The largest absolute Gasteiger partial charge is 0.494 e. The predicted molar refractivity (Wildman–Crippen MR) is 106 cm³/mol. The van der Waals surface area contributed by atoms with Gasteiger partial charge in [0.05, 0.1) is 17.9 Å². The molecule has 0 heterocycles. The van der Waals surface area contributed by atoms with E-state index in [4.69, 9.17) is 26.3 Å². The Morgan fingerprint density at radius 1 is 1.25 bits per heavy atom. The number of para-hydroxylation sites is 1. The van der Waals surface area contributed by atoms with Crippen molar-refractivity contribution in [2.75, 3.05) is 11.9 Å². The summed E-state index contributed by atoms with van der Waals surface area (Å²) in [4.78, 5) is 24.1. The van der Waals surface area contributed by atoms with Gasteiger partial charge in [-0.05, 0) is 56.2 Å². The zero-order valence-electron chi connectivity index (χ0n) is 15.7. The van der Waals surface area contributed by atoms with E-state index in [0.717, 1.165) is 5.56 Å². The van der Waals surface area contributed by atoms with E-state index in [9.17, 15) is 9.59 Å². The van der Waals surface area contributed by atoms with Crippen molar-refractivity contribution >= 4 is 29.2 Å². The number of benzene rings is 2. The fraction of sp³-hybridized carbons (Fsp3) is 0.286. The van der Waals surface area contributed by atoms with Gasteiger partial charge in [0.25, 0.3) is 5.91 Å². The van der Waals surface area contributed by atoms with Crippen molar-refractivity contribution in [3.05, 3.63) is 58.6 Å². The van der Waals surface area contributed by atoms with Crippen molar-refractivity contribution in [1.82, 2.24) is 0 Å². The molecule has 0 aromatic heterocycles. The van der Waals surface area contributed by atoms with Crippen LogP contribution in [0, 0.1) is 18.3 Å². The number of nitriles is 1. The fourth-order valence-electron chi connectivity index (χ4n) is 2.35. The summed E-state index contributed by atoms with van der Waals surface area (Å²) < 4.78 is 10.7. The molecule has 0 aliphatic rings. The molecular weight excluding hydrogens is 380 g/mol. The zero-order valence-corrected chi connectivity index (χ0v) is 16.5. The van der Waals surface area contributed by atoms with E-state index in [-0.39, 0.29) is 6.42 Å². The number of nitrogens with one attached hydrogen (secondary N) is 1. The van der Waals surface area contributed by atoms with Gasteiger partial charge >= 0.3 is 5.97 Å². The Kier molecular flexibility index (Phi) is 7.85. The van der Waals surface area contributed by atoms with Crippen LogP contribution in [0.25, 0.3) is 0 Å². The number of carbonyl (C=O) groups excluding carboxylic acids is 2. The Hall–Kier alpha value is -3.04. The van der Waals surface area contributed by atoms with E-state index < -0.39 is 18.0 Å². The van der Waals surface area contributed by atoms with E-state index in [0.29, 0.717) is 35.1 Å². The first-order valence-corrected chi connectivity index (χ1v) is 9.17. The number of nitrogens with zero attached hydrogens (tertiary/aromatic N) is 1. The molecule has 28 heavy (non-hydrogen) atoms. The van der Waals surface area contributed by atoms with Gasteiger partial charge in [-0.2, -0.15) is 5.26 Å². The summed E-state index contributed by atoms with van der Waals surface area (Å²) in [7, 11) is 0. The van der Waals surface area contributed by atoms with Gasteiger partial charge in [-0.1, -0.05) is 23.7 Å². The van der Waals surface area contributed by atoms with Gasteiger partial charge in [0.2, 0.25) is 0 Å². The van der Waals surface area contributed by atoms with Crippen LogP contribution in [0.1, 0.15) is 30.9 Å². The number of aryl methyl sites for hydroxylation is 1. The topological polar surface area (TPSA) is 88.4 Å². The maximum atomic E-state index is 12.2. The molecule has 1 amide bonds. The lowest BCUT2D eigenvalue weighted by atomic mass is 10.2. The molecule has 2 aromatic carbocycles. The van der Waals surface area contributed by atoms with Crippen LogP contribution in [0.4, 0.5) is 5.69 Å². The van der Waals surface area contributed by atoms with Crippen LogP contribution in [-0.4, -0.2) is 24.6 Å². The normalized spacial score (nSPS) is 11.2. The van der Waals surface area contributed by atoms with Crippen LogP contribution in [-0.2, 0) is 14.3 Å². The van der Waals surface area contributed by atoms with Crippen LogP contribution >= 0.6 is 11.6 Å². The molecule has 0 saturated heterocycles. The van der Waals surface area contributed by atoms with Gasteiger partial charge in [0, 0.05) is 11.4 Å². The van der Waals surface area contributed by atoms with E-state index in [1.165, 1.54) is 6.92 Å². The molecule has 0 radical (unpaired) electrons. The van der Waals surface area contributed by atoms with Crippen molar-refractivity contribution in [2.45, 2.75) is 32.8 Å². The number of esters is 1. The van der Waals surface area contributed by atoms with Gasteiger partial charge < -0.3 is 14.8 Å². The molecule has 1 atom stereocenters. The second-order valence-electron chi connectivity index (χ2n) is 6.14. The first-order chi connectivity index (χ1) is 13.4. The highest BCUT2D eigenvalue weighted by molar-refractivity contribution is 6.31. The van der Waals surface area contributed by atoms with Gasteiger partial charge in [-0.3, -0.25) is 9.59 Å². The van der Waals surface area contributed by atoms with Crippen molar-refractivity contribution in [2.24, 2.45) is 0 Å². The SMILES string of the molecule is Cc1cc(OCCCC(=O)OC(C)C(=O)Nc2ccccc2C#N)ccc1Cl. The molecule has 1 N–H and O–H groups in total. The number of anilines is 1. The molecule has 2 aromatic rings. The number of hydrogen-bond acceptors (Lipinski definition) is 5. The molecule has 0 bridgehead atoms. The first-order valence-electron chi connectivity index (χ1n) is 8.79. The maximum absolute atomic E-state index is 12.2. The quantitative estimate of drug-likeness (QED) is 0.528. The summed E-state index contributed by atoms with van der Waals surface area (Å²) in [6.45, 7) is 3.70. The van der Waals surface area contributed by atoms with E-state index in [1.54, 1.807) is 36.4 Å². The molecule has 0 aliphatic carbocycles. The Bertz CT molecular complexity index is 892. The highest BCUT2D eigenvalue weighted by atomic mass is 35.5. The molecule has 0 fully saturated rings. The van der Waals surface area contributed by atoms with Crippen molar-refractivity contribution in [1.29, 1.82) is 5.26 Å². The third kappa shape index (κ3) is 6.29. The van der Waals surface area contributed by atoms with E-state index >= 15 is 0 Å². The monoisotopic (exact) mass is 400 g/mol. The van der Waals surface area contributed by atoms with Crippen LogP contribution in [0.5, 0.6) is 5.75 Å². The molecule has 2 rings (SSSR count). The van der Waals surface area contributed by atoms with Crippen molar-refractivity contribution in [3.8, 4) is 11.8 Å².